The van der Waals surface area contributed by atoms with Crippen LogP contribution in [0.1, 0.15) is 12.8 Å². The lowest BCUT2D eigenvalue weighted by molar-refractivity contribution is -0.118. The molecule has 1 fully saturated rings. The van der Waals surface area contributed by atoms with E-state index in [1.165, 1.54) is 23.1 Å². The zero-order valence-corrected chi connectivity index (χ0v) is 15.4. The van der Waals surface area contributed by atoms with Gasteiger partial charge in [0.05, 0.1) is 11.1 Å². The van der Waals surface area contributed by atoms with Crippen LogP contribution in [0.2, 0.25) is 0 Å². The fourth-order valence-electron chi connectivity index (χ4n) is 2.42. The number of carbonyl (C=O) groups is 1. The van der Waals surface area contributed by atoms with Gasteiger partial charge in [-0.3, -0.25) is 14.2 Å². The van der Waals surface area contributed by atoms with Crippen molar-refractivity contribution in [2.24, 2.45) is 7.05 Å². The van der Waals surface area contributed by atoms with Crippen molar-refractivity contribution in [3.63, 3.8) is 0 Å². The molecule has 1 aliphatic carbocycles. The summed E-state index contributed by atoms with van der Waals surface area (Å²) in [5.74, 6) is 0.285. The number of nitrogens with one attached hydrogen (secondary N) is 1. The molecule has 24 heavy (non-hydrogen) atoms. The Kier molecular flexibility index (Phi) is 4.19. The smallest absolute Gasteiger partial charge is 0.263 e. The van der Waals surface area contributed by atoms with E-state index in [0.717, 1.165) is 28.1 Å². The molecule has 0 bridgehead atoms. The van der Waals surface area contributed by atoms with E-state index in [0.29, 0.717) is 16.6 Å². The van der Waals surface area contributed by atoms with Crippen LogP contribution in [-0.4, -0.2) is 27.3 Å². The number of thioether (sulfide) groups is 1. The largest absolute Gasteiger partial charge is 0.353 e. The fraction of sp³-hybridized carbons (Fsp3) is 0.312. The summed E-state index contributed by atoms with van der Waals surface area (Å²) in [5.41, 5.74) is 0.885. The quantitative estimate of drug-likeness (QED) is 0.548. The van der Waals surface area contributed by atoms with Gasteiger partial charge >= 0.3 is 0 Å². The summed E-state index contributed by atoms with van der Waals surface area (Å²) in [7, 11) is 1.71. The van der Waals surface area contributed by atoms with Crippen molar-refractivity contribution >= 4 is 50.6 Å². The van der Waals surface area contributed by atoms with Gasteiger partial charge in [-0.15, -0.1) is 22.7 Å². The van der Waals surface area contributed by atoms with Crippen LogP contribution in [0.4, 0.5) is 0 Å². The van der Waals surface area contributed by atoms with Crippen molar-refractivity contribution in [3.05, 3.63) is 33.2 Å². The van der Waals surface area contributed by atoms with Gasteiger partial charge in [-0.1, -0.05) is 17.8 Å². The van der Waals surface area contributed by atoms with Crippen molar-refractivity contribution in [1.29, 1.82) is 0 Å². The average molecular weight is 378 g/mol. The van der Waals surface area contributed by atoms with Crippen LogP contribution in [0.25, 0.3) is 20.7 Å². The van der Waals surface area contributed by atoms with E-state index in [1.54, 1.807) is 23.0 Å². The summed E-state index contributed by atoms with van der Waals surface area (Å²) in [4.78, 5) is 31.0. The van der Waals surface area contributed by atoms with Gasteiger partial charge in [-0.05, 0) is 24.3 Å². The monoisotopic (exact) mass is 377 g/mol. The summed E-state index contributed by atoms with van der Waals surface area (Å²) >= 11 is 4.39. The molecule has 8 heteroatoms. The number of hydrogen-bond donors (Lipinski definition) is 1. The van der Waals surface area contributed by atoms with E-state index in [1.807, 2.05) is 22.9 Å². The zero-order valence-electron chi connectivity index (χ0n) is 12.9. The van der Waals surface area contributed by atoms with Gasteiger partial charge in [0.1, 0.15) is 4.83 Å². The molecule has 1 saturated carbocycles. The van der Waals surface area contributed by atoms with Crippen LogP contribution < -0.4 is 10.9 Å². The first-order valence-electron chi connectivity index (χ1n) is 7.58. The number of nitrogens with zero attached hydrogens (tertiary/aromatic N) is 2. The van der Waals surface area contributed by atoms with E-state index in [2.05, 4.69) is 10.3 Å². The lowest BCUT2D eigenvalue weighted by Crippen LogP contribution is -2.27. The molecule has 5 nitrogen and oxygen atoms in total. The number of fused-ring (bicyclic) bond motifs is 1. The van der Waals surface area contributed by atoms with Crippen LogP contribution in [0.15, 0.2) is 32.8 Å². The molecule has 3 aromatic rings. The maximum absolute atomic E-state index is 12.8. The van der Waals surface area contributed by atoms with Gasteiger partial charge < -0.3 is 5.32 Å². The zero-order chi connectivity index (χ0) is 16.7. The van der Waals surface area contributed by atoms with Crippen LogP contribution >= 0.6 is 34.4 Å². The van der Waals surface area contributed by atoms with Gasteiger partial charge in [0.15, 0.2) is 5.16 Å². The molecule has 0 saturated heterocycles. The number of hydrogen-bond acceptors (Lipinski definition) is 6. The molecule has 0 unspecified atom stereocenters. The fourth-order valence-corrected chi connectivity index (χ4v) is 5.01. The molecule has 0 aromatic carbocycles. The van der Waals surface area contributed by atoms with Gasteiger partial charge in [-0.2, -0.15) is 0 Å². The number of rotatable bonds is 5. The van der Waals surface area contributed by atoms with Crippen molar-refractivity contribution in [2.75, 3.05) is 5.75 Å². The molecule has 0 atom stereocenters. The second-order valence-corrected chi connectivity index (χ2v) is 8.44. The summed E-state index contributed by atoms with van der Waals surface area (Å²) in [6, 6.07) is 4.34. The van der Waals surface area contributed by atoms with Crippen molar-refractivity contribution in [3.8, 4) is 10.4 Å². The van der Waals surface area contributed by atoms with E-state index in [9.17, 15) is 9.59 Å². The topological polar surface area (TPSA) is 64.0 Å². The molecule has 0 aliphatic heterocycles. The van der Waals surface area contributed by atoms with Crippen molar-refractivity contribution in [2.45, 2.75) is 24.0 Å². The Balaban J connectivity index is 1.64. The van der Waals surface area contributed by atoms with Gasteiger partial charge in [0.25, 0.3) is 5.56 Å². The third kappa shape index (κ3) is 3.01. The highest BCUT2D eigenvalue weighted by Gasteiger charge is 2.23. The number of aromatic nitrogens is 2. The normalized spacial score (nSPS) is 14.2. The van der Waals surface area contributed by atoms with Crippen LogP contribution in [-0.2, 0) is 11.8 Å². The Labute approximate surface area is 150 Å². The van der Waals surface area contributed by atoms with E-state index < -0.39 is 0 Å². The van der Waals surface area contributed by atoms with Gasteiger partial charge in [0, 0.05) is 28.9 Å². The molecule has 1 aliphatic rings. The van der Waals surface area contributed by atoms with Gasteiger partial charge in [-0.25, -0.2) is 4.98 Å². The standard InChI is InChI=1S/C16H15N3O2S3/c1-19-15(21)13-10(11-3-2-6-22-11)7-23-14(13)18-16(19)24-8-12(20)17-9-4-5-9/h2-3,6-7,9H,4-5,8H2,1H3,(H,17,20). The third-order valence-corrected chi connectivity index (χ3v) is 6.64. The minimum absolute atomic E-state index is 0.00213. The highest BCUT2D eigenvalue weighted by molar-refractivity contribution is 7.99. The lowest BCUT2D eigenvalue weighted by Gasteiger charge is -2.07. The summed E-state index contributed by atoms with van der Waals surface area (Å²) in [5, 5.41) is 8.18. The molecule has 124 valence electrons. The predicted octanol–water partition coefficient (Wildman–Crippen LogP) is 3.09. The Hall–Kier alpha value is -1.64. The van der Waals surface area contributed by atoms with E-state index in [-0.39, 0.29) is 17.2 Å². The highest BCUT2D eigenvalue weighted by atomic mass is 32.2. The molecule has 0 radical (unpaired) electrons. The number of carbonyl (C=O) groups excluding carboxylic acids is 1. The van der Waals surface area contributed by atoms with Gasteiger partial charge in [0.2, 0.25) is 5.91 Å². The number of thiophene rings is 2. The highest BCUT2D eigenvalue weighted by Crippen LogP contribution is 2.34. The van der Waals surface area contributed by atoms with Crippen molar-refractivity contribution in [1.82, 2.24) is 14.9 Å². The first-order chi connectivity index (χ1) is 11.6. The average Bonchev–Trinajstić information content (AvgIpc) is 3.06. The molecule has 4 rings (SSSR count). The first kappa shape index (κ1) is 15.9. The predicted molar refractivity (Wildman–Crippen MR) is 100 cm³/mol. The summed E-state index contributed by atoms with van der Waals surface area (Å²) in [6.07, 6.45) is 2.14. The van der Waals surface area contributed by atoms with E-state index in [4.69, 9.17) is 0 Å². The Morgan fingerprint density at radius 2 is 2.29 bits per heavy atom. The summed E-state index contributed by atoms with van der Waals surface area (Å²) < 4.78 is 1.54. The second kappa shape index (κ2) is 6.34. The molecule has 3 heterocycles. The SMILES string of the molecule is Cn1c(SCC(=O)NC2CC2)nc2scc(-c3cccs3)c2c1=O. The van der Waals surface area contributed by atoms with Crippen molar-refractivity contribution < 1.29 is 4.79 Å². The molecule has 1 N–H and O–H groups in total. The maximum Gasteiger partial charge on any atom is 0.263 e. The minimum atomic E-state index is -0.0604. The minimum Gasteiger partial charge on any atom is -0.353 e. The van der Waals surface area contributed by atoms with Crippen LogP contribution in [0.5, 0.6) is 0 Å². The first-order valence-corrected chi connectivity index (χ1v) is 10.3. The Morgan fingerprint density at radius 3 is 3.00 bits per heavy atom. The Morgan fingerprint density at radius 1 is 1.46 bits per heavy atom. The third-order valence-electron chi connectivity index (χ3n) is 3.84. The lowest BCUT2D eigenvalue weighted by atomic mass is 10.2. The Bertz CT molecular complexity index is 955. The van der Waals surface area contributed by atoms with Crippen LogP contribution in [0, 0.1) is 0 Å². The molecule has 0 spiro atoms. The molecular formula is C16H15N3O2S3. The van der Waals surface area contributed by atoms with Crippen LogP contribution in [0.3, 0.4) is 0 Å². The molecular weight excluding hydrogens is 362 g/mol. The summed E-state index contributed by atoms with van der Waals surface area (Å²) in [6.45, 7) is 0. The number of amides is 1. The van der Waals surface area contributed by atoms with E-state index >= 15 is 0 Å². The molecule has 1 amide bonds. The second-order valence-electron chi connectivity index (χ2n) is 5.70. The maximum atomic E-state index is 12.8. The molecule has 3 aromatic heterocycles.